The fraction of sp³-hybridized carbons (Fsp3) is 0.733. The first kappa shape index (κ1) is 28.3. The van der Waals surface area contributed by atoms with Gasteiger partial charge in [-0.05, 0) is 55.6 Å². The van der Waals surface area contributed by atoms with Gasteiger partial charge in [0.05, 0.1) is 16.7 Å². The van der Waals surface area contributed by atoms with Crippen LogP contribution < -0.4 is 0 Å². The lowest BCUT2D eigenvalue weighted by Crippen LogP contribution is -2.70. The van der Waals surface area contributed by atoms with Crippen LogP contribution in [0.1, 0.15) is 84.4 Å². The molecule has 9 heteroatoms. The molecule has 8 nitrogen and oxygen atoms in total. The summed E-state index contributed by atoms with van der Waals surface area (Å²) in [4.78, 5) is 37.8. The number of Topliss-reactive ketones (excluding diaryl/α,β-unsaturated/α-hetero) is 1. The highest BCUT2D eigenvalue weighted by Gasteiger charge is 2.76. The Morgan fingerprint density at radius 1 is 1.18 bits per heavy atom. The summed E-state index contributed by atoms with van der Waals surface area (Å²) in [6, 6.07) is 0. The summed E-state index contributed by atoms with van der Waals surface area (Å²) in [6.45, 7) is 8.97. The van der Waals surface area contributed by atoms with E-state index in [-0.39, 0.29) is 37.0 Å². The van der Waals surface area contributed by atoms with E-state index in [1.807, 2.05) is 31.8 Å². The van der Waals surface area contributed by atoms with Crippen molar-refractivity contribution in [3.05, 3.63) is 23.0 Å². The summed E-state index contributed by atoms with van der Waals surface area (Å²) >= 11 is 7.74. The Balaban J connectivity index is 1.58. The lowest BCUT2D eigenvalue weighted by molar-refractivity contribution is -0.204. The molecule has 1 N–H and O–H groups in total. The summed E-state index contributed by atoms with van der Waals surface area (Å²) in [7, 11) is 1.91. The Morgan fingerprint density at radius 2 is 1.87 bits per heavy atom. The number of hydrogen-bond acceptors (Lipinski definition) is 7. The van der Waals surface area contributed by atoms with Gasteiger partial charge in [0, 0.05) is 42.8 Å². The number of aromatic nitrogens is 2. The summed E-state index contributed by atoms with van der Waals surface area (Å²) in [5.74, 6) is -1.89. The summed E-state index contributed by atoms with van der Waals surface area (Å²) in [5, 5.41) is 16.7. The number of carbonyl (C=O) groups is 3. The molecular weight excluding hydrogens is 520 g/mol. The Hall–Kier alpha value is -2.19. The van der Waals surface area contributed by atoms with Gasteiger partial charge in [-0.1, -0.05) is 40.2 Å². The molecule has 5 rings (SSSR count). The smallest absolute Gasteiger partial charge is 0.306 e. The van der Waals surface area contributed by atoms with E-state index in [0.717, 1.165) is 24.1 Å². The van der Waals surface area contributed by atoms with E-state index in [0.29, 0.717) is 12.8 Å². The van der Waals surface area contributed by atoms with Gasteiger partial charge >= 0.3 is 11.9 Å². The Bertz CT molecular complexity index is 1240. The van der Waals surface area contributed by atoms with Gasteiger partial charge in [0.25, 0.3) is 0 Å². The van der Waals surface area contributed by atoms with Crippen LogP contribution in [0.2, 0.25) is 0 Å². The molecule has 0 saturated heterocycles. The van der Waals surface area contributed by atoms with Crippen molar-refractivity contribution in [1.29, 1.82) is 0 Å². The number of halogens is 1. The van der Waals surface area contributed by atoms with E-state index in [1.165, 1.54) is 5.57 Å². The third-order valence-electron chi connectivity index (χ3n) is 10.8. The van der Waals surface area contributed by atoms with Crippen molar-refractivity contribution in [2.75, 3.05) is 6.61 Å². The molecule has 0 unspecified atom stereocenters. The van der Waals surface area contributed by atoms with Gasteiger partial charge in [-0.25, -0.2) is 0 Å². The van der Waals surface area contributed by atoms with Crippen molar-refractivity contribution in [2.24, 2.45) is 35.6 Å². The summed E-state index contributed by atoms with van der Waals surface area (Å²) in [5.41, 5.74) is 0.401. The van der Waals surface area contributed by atoms with Crippen molar-refractivity contribution in [2.45, 2.75) is 96.1 Å². The number of hydrogen-bond donors (Lipinski definition) is 1. The molecule has 1 heterocycles. The minimum Gasteiger partial charge on any atom is -0.457 e. The quantitative estimate of drug-likeness (QED) is 0.406. The minimum atomic E-state index is -1.52. The maximum absolute atomic E-state index is 14.0. The number of ether oxygens (including phenoxy) is 2. The number of rotatable bonds is 6. The Labute approximate surface area is 235 Å². The van der Waals surface area contributed by atoms with E-state index >= 15 is 0 Å². The van der Waals surface area contributed by atoms with Gasteiger partial charge < -0.3 is 14.6 Å². The maximum Gasteiger partial charge on any atom is 0.306 e. The number of aliphatic hydroxyl groups is 1. The largest absolute Gasteiger partial charge is 0.457 e. The average Bonchev–Trinajstić information content (AvgIpc) is 3.34. The highest BCUT2D eigenvalue weighted by atomic mass is 35.5. The van der Waals surface area contributed by atoms with Crippen molar-refractivity contribution >= 4 is 35.4 Å². The van der Waals surface area contributed by atoms with E-state index < -0.39 is 51.7 Å². The second-order valence-corrected chi connectivity index (χ2v) is 13.3. The third kappa shape index (κ3) is 3.73. The predicted molar refractivity (Wildman–Crippen MR) is 146 cm³/mol. The van der Waals surface area contributed by atoms with Gasteiger partial charge in [0.1, 0.15) is 0 Å². The van der Waals surface area contributed by atoms with E-state index in [4.69, 9.17) is 21.1 Å². The first-order chi connectivity index (χ1) is 18.3. The van der Waals surface area contributed by atoms with Crippen molar-refractivity contribution in [3.63, 3.8) is 0 Å². The molecule has 0 bridgehead atoms. The maximum atomic E-state index is 14.0. The monoisotopic (exact) mass is 560 g/mol. The average molecular weight is 561 g/mol. The first-order valence-corrected chi connectivity index (χ1v) is 14.7. The summed E-state index contributed by atoms with van der Waals surface area (Å²) < 4.78 is 13.2. The van der Waals surface area contributed by atoms with Gasteiger partial charge in [-0.2, -0.15) is 5.10 Å². The number of aryl methyl sites for hydroxylation is 1. The lowest BCUT2D eigenvalue weighted by Gasteiger charge is -2.64. The Kier molecular flexibility index (Phi) is 6.86. The molecule has 0 aromatic carbocycles. The number of esters is 2. The van der Waals surface area contributed by atoms with Crippen LogP contribution in [0.3, 0.4) is 0 Å². The molecule has 0 aliphatic heterocycles. The van der Waals surface area contributed by atoms with Gasteiger partial charge in [-0.15, -0.1) is 11.6 Å². The van der Waals surface area contributed by atoms with Crippen LogP contribution in [0.15, 0.2) is 11.8 Å². The highest BCUT2D eigenvalue weighted by molar-refractivity contribution is 6.26. The van der Waals surface area contributed by atoms with Crippen LogP contribution in [-0.2, 0) is 37.3 Å². The molecule has 214 valence electrons. The normalized spacial score (nSPS) is 40.5. The third-order valence-corrected chi connectivity index (χ3v) is 11.7. The van der Waals surface area contributed by atoms with Crippen LogP contribution in [-0.4, -0.2) is 55.8 Å². The number of nitrogens with zero attached hydrogens (tertiary/aromatic N) is 2. The molecule has 0 spiro atoms. The Morgan fingerprint density at radius 3 is 2.54 bits per heavy atom. The van der Waals surface area contributed by atoms with E-state index in [9.17, 15) is 19.5 Å². The minimum absolute atomic E-state index is 0.0717. The topological polar surface area (TPSA) is 108 Å². The van der Waals surface area contributed by atoms with Crippen LogP contribution in [0.25, 0.3) is 6.08 Å². The number of fused-ring (bicyclic) bond motifs is 6. The SMILES string of the molecule is CCC(=O)OCC(=O)[C@@]1(OC(=O)CC)[C@@H](C)C[C@H]2[C@@H]3CCC4=Cc5nn(C)cc5C[C@]4(C)[C@@]3(Cl)[C@@H](O)C[C@@]21C. The van der Waals surface area contributed by atoms with E-state index in [2.05, 4.69) is 18.1 Å². The van der Waals surface area contributed by atoms with Crippen LogP contribution in [0.5, 0.6) is 0 Å². The van der Waals surface area contributed by atoms with Gasteiger partial charge in [0.2, 0.25) is 5.78 Å². The fourth-order valence-corrected chi connectivity index (χ4v) is 9.51. The second kappa shape index (κ2) is 9.44. The molecule has 8 atom stereocenters. The number of ketones is 1. The molecule has 39 heavy (non-hydrogen) atoms. The summed E-state index contributed by atoms with van der Waals surface area (Å²) in [6.07, 6.45) is 6.58. The highest BCUT2D eigenvalue weighted by Crippen LogP contribution is 2.72. The van der Waals surface area contributed by atoms with Crippen molar-refractivity contribution in [1.82, 2.24) is 9.78 Å². The van der Waals surface area contributed by atoms with Gasteiger partial charge in [-0.3, -0.25) is 19.1 Å². The van der Waals surface area contributed by atoms with Crippen molar-refractivity contribution < 1.29 is 29.0 Å². The predicted octanol–water partition coefficient (Wildman–Crippen LogP) is 4.39. The van der Waals surface area contributed by atoms with E-state index in [1.54, 1.807) is 13.8 Å². The van der Waals surface area contributed by atoms with Crippen LogP contribution in [0.4, 0.5) is 0 Å². The zero-order chi connectivity index (χ0) is 28.5. The number of aliphatic hydroxyl groups excluding tert-OH is 1. The molecule has 3 saturated carbocycles. The molecule has 0 radical (unpaired) electrons. The fourth-order valence-electron chi connectivity index (χ4n) is 8.98. The van der Waals surface area contributed by atoms with Gasteiger partial charge in [0.15, 0.2) is 12.2 Å². The van der Waals surface area contributed by atoms with Crippen LogP contribution >= 0.6 is 11.6 Å². The zero-order valence-electron chi connectivity index (χ0n) is 23.9. The molecule has 1 aromatic heterocycles. The molecular formula is C30H41ClN2O6. The number of carbonyl (C=O) groups excluding carboxylic acids is 3. The molecule has 0 amide bonds. The number of allylic oxidation sites excluding steroid dienone is 1. The second-order valence-electron chi connectivity index (χ2n) is 12.7. The molecule has 1 aromatic rings. The van der Waals surface area contributed by atoms with Crippen LogP contribution in [0, 0.1) is 28.6 Å². The standard InChI is InChI=1S/C30H41ClN2O6/c1-7-25(36)38-16-24(35)30(39-26(37)8-2)17(3)11-21-20-10-9-19-12-22-18(15-33(6)32-22)13-27(19,4)29(20,31)23(34)14-28(21,30)5/h12,15,17,20-21,23,34H,7-11,13-14,16H2,1-6H3/t17-,20-,21-,23-,27-,28-,29-,30-/m0/s1. The number of alkyl halides is 1. The first-order valence-electron chi connectivity index (χ1n) is 14.3. The molecule has 4 aliphatic carbocycles. The van der Waals surface area contributed by atoms with Crippen molar-refractivity contribution in [3.8, 4) is 0 Å². The molecule has 3 fully saturated rings. The lowest BCUT2D eigenvalue weighted by atomic mass is 9.44. The molecule has 4 aliphatic rings. The zero-order valence-corrected chi connectivity index (χ0v) is 24.6.